The molecule has 0 aliphatic carbocycles. The molecule has 0 aromatic heterocycles. The van der Waals surface area contributed by atoms with Crippen LogP contribution in [-0.4, -0.2) is 32.1 Å². The lowest BCUT2D eigenvalue weighted by molar-refractivity contribution is 0.0315. The molecule has 5 nitrogen and oxygen atoms in total. The number of ketones is 1. The predicted molar refractivity (Wildman–Crippen MR) is 85.2 cm³/mol. The lowest BCUT2D eigenvalue weighted by Crippen LogP contribution is -2.24. The number of ether oxygens (including phenoxy) is 3. The molecule has 6 heteroatoms. The van der Waals surface area contributed by atoms with E-state index in [1.165, 1.54) is 51.5 Å². The average Bonchev–Trinajstić information content (AvgIpc) is 2.60. The Labute approximate surface area is 139 Å². The van der Waals surface area contributed by atoms with E-state index < -0.39 is 23.7 Å². The van der Waals surface area contributed by atoms with Gasteiger partial charge in [-0.05, 0) is 43.3 Å². The van der Waals surface area contributed by atoms with Gasteiger partial charge in [0.15, 0.2) is 17.6 Å². The van der Waals surface area contributed by atoms with Crippen LogP contribution in [0.2, 0.25) is 0 Å². The lowest BCUT2D eigenvalue weighted by atomic mass is 10.1. The zero-order valence-corrected chi connectivity index (χ0v) is 13.5. The highest BCUT2D eigenvalue weighted by molar-refractivity contribution is 6.02. The molecular formula is C18H17FO5. The second-order valence-corrected chi connectivity index (χ2v) is 4.96. The third-order valence-corrected chi connectivity index (χ3v) is 3.40. The topological polar surface area (TPSA) is 61.8 Å². The summed E-state index contributed by atoms with van der Waals surface area (Å²) in [5, 5.41) is 0. The van der Waals surface area contributed by atoms with Crippen molar-refractivity contribution in [2.75, 3.05) is 14.2 Å². The van der Waals surface area contributed by atoms with Crippen LogP contribution in [-0.2, 0) is 4.74 Å². The van der Waals surface area contributed by atoms with E-state index in [4.69, 9.17) is 14.2 Å². The van der Waals surface area contributed by atoms with Crippen molar-refractivity contribution < 1.29 is 28.2 Å². The first-order valence-electron chi connectivity index (χ1n) is 7.19. The zero-order valence-electron chi connectivity index (χ0n) is 13.5. The van der Waals surface area contributed by atoms with E-state index in [1.54, 1.807) is 12.1 Å². The SMILES string of the molecule is COc1cccc(C(=O)O[C@H](C)C(=O)c2ccc(F)cc2)c1OC. The maximum atomic E-state index is 12.9. The van der Waals surface area contributed by atoms with Crippen LogP contribution in [0.5, 0.6) is 11.5 Å². The number of rotatable bonds is 6. The lowest BCUT2D eigenvalue weighted by Gasteiger charge is -2.15. The summed E-state index contributed by atoms with van der Waals surface area (Å²) in [6.07, 6.45) is -1.03. The molecule has 2 aromatic carbocycles. The number of hydrogen-bond donors (Lipinski definition) is 0. The van der Waals surface area contributed by atoms with Crippen LogP contribution in [0.3, 0.4) is 0 Å². The Bertz CT molecular complexity index is 740. The van der Waals surface area contributed by atoms with Gasteiger partial charge in [0.05, 0.1) is 14.2 Å². The van der Waals surface area contributed by atoms with Crippen molar-refractivity contribution >= 4 is 11.8 Å². The summed E-state index contributed by atoms with van der Waals surface area (Å²) < 4.78 is 28.4. The van der Waals surface area contributed by atoms with Crippen molar-refractivity contribution in [1.29, 1.82) is 0 Å². The maximum Gasteiger partial charge on any atom is 0.342 e. The van der Waals surface area contributed by atoms with Crippen LogP contribution in [0.15, 0.2) is 42.5 Å². The first kappa shape index (κ1) is 17.5. The Morgan fingerprint density at radius 3 is 2.25 bits per heavy atom. The van der Waals surface area contributed by atoms with Gasteiger partial charge in [0.2, 0.25) is 5.78 Å². The fraction of sp³-hybridized carbons (Fsp3) is 0.222. The number of para-hydroxylation sites is 1. The van der Waals surface area contributed by atoms with Gasteiger partial charge in [-0.15, -0.1) is 0 Å². The fourth-order valence-electron chi connectivity index (χ4n) is 2.17. The highest BCUT2D eigenvalue weighted by Crippen LogP contribution is 2.31. The smallest absolute Gasteiger partial charge is 0.342 e. The van der Waals surface area contributed by atoms with Crippen molar-refractivity contribution in [3.05, 3.63) is 59.4 Å². The molecule has 0 N–H and O–H groups in total. The van der Waals surface area contributed by atoms with Crippen molar-refractivity contribution in [1.82, 2.24) is 0 Å². The van der Waals surface area contributed by atoms with Crippen LogP contribution in [0.4, 0.5) is 4.39 Å². The van der Waals surface area contributed by atoms with E-state index in [0.717, 1.165) is 0 Å². The summed E-state index contributed by atoms with van der Waals surface area (Å²) in [6.45, 7) is 1.45. The van der Waals surface area contributed by atoms with E-state index in [9.17, 15) is 14.0 Å². The number of methoxy groups -OCH3 is 2. The molecule has 0 aliphatic heterocycles. The van der Waals surface area contributed by atoms with Gasteiger partial charge in [0.25, 0.3) is 0 Å². The summed E-state index contributed by atoms with van der Waals surface area (Å²) in [7, 11) is 2.86. The van der Waals surface area contributed by atoms with E-state index in [0.29, 0.717) is 5.75 Å². The zero-order chi connectivity index (χ0) is 17.7. The molecule has 0 aliphatic rings. The molecule has 2 rings (SSSR count). The highest BCUT2D eigenvalue weighted by Gasteiger charge is 2.23. The quantitative estimate of drug-likeness (QED) is 0.600. The van der Waals surface area contributed by atoms with Crippen LogP contribution in [0.1, 0.15) is 27.6 Å². The molecule has 0 amide bonds. The van der Waals surface area contributed by atoms with Crippen molar-refractivity contribution in [2.45, 2.75) is 13.0 Å². The Morgan fingerprint density at radius 2 is 1.67 bits per heavy atom. The van der Waals surface area contributed by atoms with Gasteiger partial charge in [-0.2, -0.15) is 0 Å². The second kappa shape index (κ2) is 7.59. The molecule has 0 saturated heterocycles. The first-order chi connectivity index (χ1) is 11.5. The minimum atomic E-state index is -1.03. The minimum absolute atomic E-state index is 0.149. The van der Waals surface area contributed by atoms with Crippen molar-refractivity contribution in [2.24, 2.45) is 0 Å². The number of esters is 1. The van der Waals surface area contributed by atoms with Crippen molar-refractivity contribution in [3.63, 3.8) is 0 Å². The molecular weight excluding hydrogens is 315 g/mol. The van der Waals surface area contributed by atoms with Gasteiger partial charge in [0, 0.05) is 5.56 Å². The standard InChI is InChI=1S/C18H17FO5/c1-11(16(20)12-7-9-13(19)10-8-12)24-18(21)14-5-4-6-15(22-2)17(14)23-3/h4-11H,1-3H3/t11-/m1/s1. The number of hydrogen-bond acceptors (Lipinski definition) is 5. The van der Waals surface area contributed by atoms with Gasteiger partial charge >= 0.3 is 5.97 Å². The number of benzene rings is 2. The van der Waals surface area contributed by atoms with E-state index in [1.807, 2.05) is 0 Å². The van der Waals surface area contributed by atoms with E-state index >= 15 is 0 Å². The molecule has 2 aromatic rings. The largest absolute Gasteiger partial charge is 0.493 e. The molecule has 0 heterocycles. The molecule has 0 radical (unpaired) electrons. The summed E-state index contributed by atoms with van der Waals surface area (Å²) in [6, 6.07) is 9.80. The predicted octanol–water partition coefficient (Wildman–Crippen LogP) is 3.27. The molecule has 1 atom stereocenters. The molecule has 0 unspecified atom stereocenters. The van der Waals surface area contributed by atoms with E-state index in [2.05, 4.69) is 0 Å². The number of halogens is 1. The molecule has 0 bridgehead atoms. The van der Waals surface area contributed by atoms with Crippen molar-refractivity contribution in [3.8, 4) is 11.5 Å². The normalized spacial score (nSPS) is 11.5. The average molecular weight is 332 g/mol. The van der Waals surface area contributed by atoms with Gasteiger partial charge in [0.1, 0.15) is 11.4 Å². The molecule has 0 spiro atoms. The summed E-state index contributed by atoms with van der Waals surface area (Å²) in [5.41, 5.74) is 0.407. The van der Waals surface area contributed by atoms with Gasteiger partial charge in [-0.1, -0.05) is 6.07 Å². The van der Waals surface area contributed by atoms with E-state index in [-0.39, 0.29) is 16.9 Å². The van der Waals surface area contributed by atoms with Crippen LogP contribution in [0, 0.1) is 5.82 Å². The number of carbonyl (C=O) groups is 2. The molecule has 0 saturated carbocycles. The summed E-state index contributed by atoms with van der Waals surface area (Å²) in [4.78, 5) is 24.6. The van der Waals surface area contributed by atoms with Crippen LogP contribution in [0.25, 0.3) is 0 Å². The second-order valence-electron chi connectivity index (χ2n) is 4.96. The summed E-state index contributed by atoms with van der Waals surface area (Å²) >= 11 is 0. The third kappa shape index (κ3) is 3.71. The van der Waals surface area contributed by atoms with Crippen LogP contribution >= 0.6 is 0 Å². The molecule has 0 fully saturated rings. The fourth-order valence-corrected chi connectivity index (χ4v) is 2.17. The van der Waals surface area contributed by atoms with Gasteiger partial charge in [-0.3, -0.25) is 4.79 Å². The van der Waals surface area contributed by atoms with Gasteiger partial charge in [-0.25, -0.2) is 9.18 Å². The van der Waals surface area contributed by atoms with Crippen LogP contribution < -0.4 is 9.47 Å². The third-order valence-electron chi connectivity index (χ3n) is 3.40. The Hall–Kier alpha value is -2.89. The summed E-state index contributed by atoms with van der Waals surface area (Å²) in [5.74, 6) is -0.980. The Kier molecular flexibility index (Phi) is 5.52. The molecule has 126 valence electrons. The monoisotopic (exact) mass is 332 g/mol. The number of carbonyl (C=O) groups excluding carboxylic acids is 2. The number of Topliss-reactive ketones (excluding diaryl/α,β-unsaturated/α-hetero) is 1. The first-order valence-corrected chi connectivity index (χ1v) is 7.19. The van der Waals surface area contributed by atoms with Gasteiger partial charge < -0.3 is 14.2 Å². The Balaban J connectivity index is 2.17. The molecule has 24 heavy (non-hydrogen) atoms. The maximum absolute atomic E-state index is 12.9. The minimum Gasteiger partial charge on any atom is -0.493 e. The Morgan fingerprint density at radius 1 is 1.00 bits per heavy atom. The highest BCUT2D eigenvalue weighted by atomic mass is 19.1.